The van der Waals surface area contributed by atoms with Gasteiger partial charge in [0.25, 0.3) is 0 Å². The van der Waals surface area contributed by atoms with Crippen LogP contribution in [0.1, 0.15) is 30.3 Å². The molecule has 25 heavy (non-hydrogen) atoms. The largest absolute Gasteiger partial charge is 0.375 e. The van der Waals surface area contributed by atoms with E-state index in [1.807, 2.05) is 43.8 Å². The maximum atomic E-state index is 12.3. The average Bonchev–Trinajstić information content (AvgIpc) is 2.85. The van der Waals surface area contributed by atoms with Crippen molar-refractivity contribution in [2.75, 3.05) is 25.0 Å². The number of aromatic nitrogens is 2. The van der Waals surface area contributed by atoms with Gasteiger partial charge in [0.05, 0.1) is 5.69 Å². The second-order valence-corrected chi connectivity index (χ2v) is 6.78. The van der Waals surface area contributed by atoms with Crippen LogP contribution in [0.15, 0.2) is 30.3 Å². The van der Waals surface area contributed by atoms with Crippen molar-refractivity contribution in [3.63, 3.8) is 0 Å². The quantitative estimate of drug-likeness (QED) is 0.751. The summed E-state index contributed by atoms with van der Waals surface area (Å²) in [6.07, 6.45) is 1.66. The number of hydrogen-bond donors (Lipinski definition) is 1. The van der Waals surface area contributed by atoms with Crippen LogP contribution in [0, 0.1) is 19.8 Å². The third-order valence-electron chi connectivity index (χ3n) is 4.78. The molecule has 1 aromatic carbocycles. The Labute approximate surface area is 151 Å². The minimum absolute atomic E-state index is 0.0477. The Hall–Kier alpha value is -2.30. The van der Waals surface area contributed by atoms with Gasteiger partial charge in [-0.15, -0.1) is 0 Å². The van der Waals surface area contributed by atoms with E-state index in [0.717, 1.165) is 30.8 Å². The van der Waals surface area contributed by atoms with E-state index in [9.17, 15) is 4.79 Å². The molecule has 0 radical (unpaired) electrons. The standard InChI is InChI=1S/C20H30N4O/c1-15(14-19-16(2)22-24(5)17(19)3)20(25)21-12-9-13-23(4)18-10-7-6-8-11-18/h6-8,10-11,15H,9,12-14H2,1-5H3,(H,21,25)/t15-/m1/s1. The summed E-state index contributed by atoms with van der Waals surface area (Å²) in [6.45, 7) is 7.66. The molecule has 5 nitrogen and oxygen atoms in total. The van der Waals surface area contributed by atoms with Crippen molar-refractivity contribution in [1.29, 1.82) is 0 Å². The molecule has 136 valence electrons. The number of benzene rings is 1. The molecule has 0 fully saturated rings. The van der Waals surface area contributed by atoms with Crippen LogP contribution in [0.2, 0.25) is 0 Å². The Kier molecular flexibility index (Phi) is 6.62. The number of nitrogens with zero attached hydrogens (tertiary/aromatic N) is 3. The Balaban J connectivity index is 1.74. The highest BCUT2D eigenvalue weighted by atomic mass is 16.1. The highest BCUT2D eigenvalue weighted by Crippen LogP contribution is 2.17. The second-order valence-electron chi connectivity index (χ2n) is 6.78. The van der Waals surface area contributed by atoms with Crippen molar-refractivity contribution in [3.05, 3.63) is 47.3 Å². The smallest absolute Gasteiger partial charge is 0.223 e. The van der Waals surface area contributed by atoms with Crippen LogP contribution in [-0.4, -0.2) is 35.8 Å². The van der Waals surface area contributed by atoms with Gasteiger partial charge in [0, 0.05) is 44.5 Å². The molecule has 1 amide bonds. The molecule has 0 aliphatic rings. The molecular weight excluding hydrogens is 312 g/mol. The summed E-state index contributed by atoms with van der Waals surface area (Å²) in [5.74, 6) is 0.0680. The molecule has 0 aliphatic carbocycles. The minimum atomic E-state index is -0.0477. The summed E-state index contributed by atoms with van der Waals surface area (Å²) in [5.41, 5.74) is 4.55. The molecule has 1 heterocycles. The molecule has 0 saturated heterocycles. The molecule has 0 bridgehead atoms. The van der Waals surface area contributed by atoms with E-state index < -0.39 is 0 Å². The molecule has 0 saturated carbocycles. The lowest BCUT2D eigenvalue weighted by atomic mass is 9.99. The molecule has 1 N–H and O–H groups in total. The molecule has 5 heteroatoms. The Morgan fingerprint density at radius 1 is 1.28 bits per heavy atom. The molecule has 1 atom stereocenters. The van der Waals surface area contributed by atoms with Gasteiger partial charge in [-0.05, 0) is 44.4 Å². The second kappa shape index (κ2) is 8.70. The van der Waals surface area contributed by atoms with Crippen molar-refractivity contribution in [2.45, 2.75) is 33.6 Å². The molecule has 0 unspecified atom stereocenters. The fourth-order valence-electron chi connectivity index (χ4n) is 3.03. The van der Waals surface area contributed by atoms with E-state index in [1.165, 1.54) is 11.3 Å². The van der Waals surface area contributed by atoms with Gasteiger partial charge in [-0.25, -0.2) is 0 Å². The van der Waals surface area contributed by atoms with Crippen LogP contribution < -0.4 is 10.2 Å². The van der Waals surface area contributed by atoms with Crippen molar-refractivity contribution in [2.24, 2.45) is 13.0 Å². The van der Waals surface area contributed by atoms with Crippen molar-refractivity contribution in [1.82, 2.24) is 15.1 Å². The van der Waals surface area contributed by atoms with Crippen LogP contribution in [-0.2, 0) is 18.3 Å². The maximum Gasteiger partial charge on any atom is 0.223 e. The predicted molar refractivity (Wildman–Crippen MR) is 103 cm³/mol. The Bertz CT molecular complexity index is 693. The fourth-order valence-corrected chi connectivity index (χ4v) is 3.03. The van der Waals surface area contributed by atoms with Crippen LogP contribution >= 0.6 is 0 Å². The normalized spacial score (nSPS) is 12.0. The summed E-state index contributed by atoms with van der Waals surface area (Å²) < 4.78 is 1.88. The van der Waals surface area contributed by atoms with Crippen molar-refractivity contribution >= 4 is 11.6 Å². The minimum Gasteiger partial charge on any atom is -0.375 e. The van der Waals surface area contributed by atoms with Gasteiger partial charge in [-0.1, -0.05) is 25.1 Å². The molecule has 2 rings (SSSR count). The molecule has 0 spiro atoms. The highest BCUT2D eigenvalue weighted by molar-refractivity contribution is 5.78. The Morgan fingerprint density at radius 2 is 1.96 bits per heavy atom. The lowest BCUT2D eigenvalue weighted by Crippen LogP contribution is -2.33. The van der Waals surface area contributed by atoms with Crippen molar-refractivity contribution in [3.8, 4) is 0 Å². The third-order valence-corrected chi connectivity index (χ3v) is 4.78. The van der Waals surface area contributed by atoms with E-state index in [-0.39, 0.29) is 11.8 Å². The van der Waals surface area contributed by atoms with Gasteiger partial charge < -0.3 is 10.2 Å². The van der Waals surface area contributed by atoms with E-state index >= 15 is 0 Å². The summed E-state index contributed by atoms with van der Waals surface area (Å²) in [5, 5.41) is 7.49. The van der Waals surface area contributed by atoms with Crippen LogP contribution in [0.5, 0.6) is 0 Å². The lowest BCUT2D eigenvalue weighted by Gasteiger charge is -2.19. The van der Waals surface area contributed by atoms with Crippen LogP contribution in [0.25, 0.3) is 0 Å². The summed E-state index contributed by atoms with van der Waals surface area (Å²) in [4.78, 5) is 14.5. The van der Waals surface area contributed by atoms with E-state index in [1.54, 1.807) is 0 Å². The first-order valence-electron chi connectivity index (χ1n) is 8.93. The number of nitrogens with one attached hydrogen (secondary N) is 1. The number of amides is 1. The summed E-state index contributed by atoms with van der Waals surface area (Å²) in [7, 11) is 4.02. The number of hydrogen-bond acceptors (Lipinski definition) is 3. The van der Waals surface area contributed by atoms with Crippen LogP contribution in [0.4, 0.5) is 5.69 Å². The molecule has 0 aliphatic heterocycles. The van der Waals surface area contributed by atoms with Gasteiger partial charge in [0.1, 0.15) is 0 Å². The SMILES string of the molecule is Cc1nn(C)c(C)c1C[C@@H](C)C(=O)NCCCN(C)c1ccccc1. The van der Waals surface area contributed by atoms with Gasteiger partial charge >= 0.3 is 0 Å². The monoisotopic (exact) mass is 342 g/mol. The average molecular weight is 342 g/mol. The van der Waals surface area contributed by atoms with E-state index in [4.69, 9.17) is 0 Å². The topological polar surface area (TPSA) is 50.2 Å². The summed E-state index contributed by atoms with van der Waals surface area (Å²) >= 11 is 0. The van der Waals surface area contributed by atoms with Crippen LogP contribution in [0.3, 0.4) is 0 Å². The van der Waals surface area contributed by atoms with Gasteiger partial charge in [0.2, 0.25) is 5.91 Å². The third kappa shape index (κ3) is 5.08. The number of aryl methyl sites for hydroxylation is 2. The van der Waals surface area contributed by atoms with Gasteiger partial charge in [0.15, 0.2) is 0 Å². The van der Waals surface area contributed by atoms with Gasteiger partial charge in [-0.3, -0.25) is 9.48 Å². The first kappa shape index (κ1) is 19.0. The number of carbonyl (C=O) groups excluding carboxylic acids is 1. The number of carbonyl (C=O) groups is 1. The molecule has 1 aromatic heterocycles. The van der Waals surface area contributed by atoms with Crippen molar-refractivity contribution < 1.29 is 4.79 Å². The summed E-state index contributed by atoms with van der Waals surface area (Å²) in [6, 6.07) is 10.3. The van der Waals surface area contributed by atoms with E-state index in [2.05, 4.69) is 41.4 Å². The first-order valence-corrected chi connectivity index (χ1v) is 8.93. The zero-order valence-corrected chi connectivity index (χ0v) is 16.0. The zero-order chi connectivity index (χ0) is 18.4. The number of anilines is 1. The zero-order valence-electron chi connectivity index (χ0n) is 16.0. The van der Waals surface area contributed by atoms with Gasteiger partial charge in [-0.2, -0.15) is 5.10 Å². The number of para-hydroxylation sites is 1. The fraction of sp³-hybridized carbons (Fsp3) is 0.500. The Morgan fingerprint density at radius 3 is 2.56 bits per heavy atom. The first-order chi connectivity index (χ1) is 11.9. The molecule has 2 aromatic rings. The highest BCUT2D eigenvalue weighted by Gasteiger charge is 2.18. The lowest BCUT2D eigenvalue weighted by molar-refractivity contribution is -0.124. The molecular formula is C20H30N4O. The predicted octanol–water partition coefficient (Wildman–Crippen LogP) is 2.86. The van der Waals surface area contributed by atoms with E-state index in [0.29, 0.717) is 6.54 Å². The maximum absolute atomic E-state index is 12.3. The number of rotatable bonds is 8.